The Kier molecular flexibility index (Phi) is 6.77. The Labute approximate surface area is 155 Å². The van der Waals surface area contributed by atoms with Crippen LogP contribution in [-0.2, 0) is 26.2 Å². The molecule has 0 saturated carbocycles. The van der Waals surface area contributed by atoms with Crippen molar-refractivity contribution in [3.8, 4) is 0 Å². The second kappa shape index (κ2) is 8.64. The van der Waals surface area contributed by atoms with Crippen LogP contribution < -0.4 is 0 Å². The van der Waals surface area contributed by atoms with Gasteiger partial charge < -0.3 is 9.80 Å². The zero-order valence-corrected chi connectivity index (χ0v) is 16.5. The molecule has 0 radical (unpaired) electrons. The number of sulfonamides is 1. The summed E-state index contributed by atoms with van der Waals surface area (Å²) in [5.74, 6) is -0.0646. The van der Waals surface area contributed by atoms with E-state index < -0.39 is 10.0 Å². The molecular weight excluding hydrogens is 354 g/mol. The molecule has 1 saturated heterocycles. The molecule has 0 N–H and O–H groups in total. The van der Waals surface area contributed by atoms with Gasteiger partial charge in [-0.1, -0.05) is 24.3 Å². The van der Waals surface area contributed by atoms with Gasteiger partial charge in [-0.3, -0.25) is 9.59 Å². The second-order valence-corrected chi connectivity index (χ2v) is 8.64. The van der Waals surface area contributed by atoms with E-state index in [9.17, 15) is 18.0 Å². The van der Waals surface area contributed by atoms with E-state index in [0.717, 1.165) is 11.1 Å². The lowest BCUT2D eigenvalue weighted by Crippen LogP contribution is -2.50. The molecule has 0 bridgehead atoms. The number of benzene rings is 1. The third-order valence-corrected chi connectivity index (χ3v) is 5.98. The normalized spacial score (nSPS) is 15.4. The van der Waals surface area contributed by atoms with E-state index in [4.69, 9.17) is 0 Å². The van der Waals surface area contributed by atoms with Crippen LogP contribution in [0.4, 0.5) is 0 Å². The van der Waals surface area contributed by atoms with E-state index in [2.05, 4.69) is 0 Å². The van der Waals surface area contributed by atoms with Gasteiger partial charge in [0.05, 0.1) is 6.26 Å². The van der Waals surface area contributed by atoms with Crippen LogP contribution in [0.2, 0.25) is 0 Å². The number of hydrogen-bond donors (Lipinski definition) is 0. The summed E-state index contributed by atoms with van der Waals surface area (Å²) >= 11 is 0. The van der Waals surface area contributed by atoms with E-state index in [1.54, 1.807) is 9.80 Å². The van der Waals surface area contributed by atoms with Gasteiger partial charge in [0.15, 0.2) is 0 Å². The largest absolute Gasteiger partial charge is 0.339 e. The minimum Gasteiger partial charge on any atom is -0.339 e. The van der Waals surface area contributed by atoms with Crippen molar-refractivity contribution in [2.75, 3.05) is 39.0 Å². The molecule has 0 unspecified atom stereocenters. The highest BCUT2D eigenvalue weighted by atomic mass is 32.2. The van der Waals surface area contributed by atoms with Crippen LogP contribution in [0.25, 0.3) is 0 Å². The van der Waals surface area contributed by atoms with E-state index in [1.807, 2.05) is 31.2 Å². The number of piperazine rings is 1. The van der Waals surface area contributed by atoms with Crippen LogP contribution in [0.1, 0.15) is 24.5 Å². The highest BCUT2D eigenvalue weighted by Gasteiger charge is 2.24. The molecule has 2 rings (SSSR count). The lowest BCUT2D eigenvalue weighted by Gasteiger charge is -2.34. The molecule has 0 aromatic heterocycles. The van der Waals surface area contributed by atoms with Gasteiger partial charge in [0.1, 0.15) is 0 Å². The second-order valence-electron chi connectivity index (χ2n) is 6.66. The van der Waals surface area contributed by atoms with Crippen molar-refractivity contribution in [3.05, 3.63) is 35.4 Å². The maximum atomic E-state index is 12.4. The van der Waals surface area contributed by atoms with Gasteiger partial charge in [0, 0.05) is 52.6 Å². The molecule has 0 aliphatic carbocycles. The lowest BCUT2D eigenvalue weighted by atomic mass is 10.1. The molecule has 1 aliphatic heterocycles. The van der Waals surface area contributed by atoms with E-state index in [0.29, 0.717) is 26.2 Å². The monoisotopic (exact) mass is 381 g/mol. The maximum Gasteiger partial charge on any atom is 0.224 e. The van der Waals surface area contributed by atoms with E-state index in [1.165, 1.54) is 17.5 Å². The minimum atomic E-state index is -3.42. The molecule has 26 heavy (non-hydrogen) atoms. The zero-order valence-electron chi connectivity index (χ0n) is 15.6. The molecule has 7 nitrogen and oxygen atoms in total. The van der Waals surface area contributed by atoms with E-state index >= 15 is 0 Å². The molecule has 1 aromatic rings. The maximum absolute atomic E-state index is 12.4. The summed E-state index contributed by atoms with van der Waals surface area (Å²) in [5.41, 5.74) is 1.95. The van der Waals surface area contributed by atoms with Crippen LogP contribution in [0.3, 0.4) is 0 Å². The molecule has 1 fully saturated rings. The van der Waals surface area contributed by atoms with Crippen LogP contribution >= 0.6 is 0 Å². The number of aryl methyl sites for hydroxylation is 1. The van der Waals surface area contributed by atoms with Crippen molar-refractivity contribution >= 4 is 21.8 Å². The third kappa shape index (κ3) is 5.54. The quantitative estimate of drug-likeness (QED) is 0.731. The molecular formula is C18H27N3O4S. The Morgan fingerprint density at radius 2 is 1.65 bits per heavy atom. The van der Waals surface area contributed by atoms with Crippen molar-refractivity contribution in [3.63, 3.8) is 0 Å². The van der Waals surface area contributed by atoms with Crippen molar-refractivity contribution in [2.24, 2.45) is 0 Å². The number of carbonyl (C=O) groups is 2. The van der Waals surface area contributed by atoms with Gasteiger partial charge in [-0.05, 0) is 18.1 Å². The summed E-state index contributed by atoms with van der Waals surface area (Å²) in [6.07, 6.45) is 1.31. The molecule has 1 heterocycles. The van der Waals surface area contributed by atoms with Crippen molar-refractivity contribution < 1.29 is 18.0 Å². The first-order chi connectivity index (χ1) is 12.2. The number of hydrogen-bond acceptors (Lipinski definition) is 4. The fourth-order valence-corrected chi connectivity index (χ4v) is 3.79. The van der Waals surface area contributed by atoms with Gasteiger partial charge >= 0.3 is 0 Å². The summed E-state index contributed by atoms with van der Waals surface area (Å²) in [7, 11) is -3.42. The van der Waals surface area contributed by atoms with Gasteiger partial charge in [-0.25, -0.2) is 8.42 Å². The molecule has 144 valence electrons. The lowest BCUT2D eigenvalue weighted by molar-refractivity contribution is -0.138. The van der Waals surface area contributed by atoms with Crippen LogP contribution in [0.5, 0.6) is 0 Å². The van der Waals surface area contributed by atoms with Gasteiger partial charge in [0.25, 0.3) is 0 Å². The Hall–Kier alpha value is -1.93. The minimum absolute atomic E-state index is 0.0126. The summed E-state index contributed by atoms with van der Waals surface area (Å²) in [6, 6.07) is 7.63. The Bertz CT molecular complexity index is 755. The Morgan fingerprint density at radius 1 is 1.08 bits per heavy atom. The third-order valence-electron chi connectivity index (χ3n) is 4.73. The molecule has 0 spiro atoms. The highest BCUT2D eigenvalue weighted by Crippen LogP contribution is 2.14. The molecule has 8 heteroatoms. The number of carbonyl (C=O) groups excluding carboxylic acids is 2. The fraction of sp³-hybridized carbons (Fsp3) is 0.556. The smallest absolute Gasteiger partial charge is 0.224 e. The van der Waals surface area contributed by atoms with Crippen LogP contribution in [0, 0.1) is 6.92 Å². The molecule has 1 aliphatic rings. The molecule has 2 amide bonds. The van der Waals surface area contributed by atoms with Gasteiger partial charge in [0.2, 0.25) is 21.8 Å². The summed E-state index contributed by atoms with van der Waals surface area (Å²) in [4.78, 5) is 27.2. The number of amides is 2. The first-order valence-corrected chi connectivity index (χ1v) is 10.6. The average molecular weight is 381 g/mol. The molecule has 1 aromatic carbocycles. The van der Waals surface area contributed by atoms with Crippen molar-refractivity contribution in [1.82, 2.24) is 14.1 Å². The Balaban J connectivity index is 1.94. The SMILES string of the molecule is CC(=O)N1CCN(C(=O)CCN(Cc2ccccc2C)S(C)(=O)=O)CC1. The predicted molar refractivity (Wildman–Crippen MR) is 99.9 cm³/mol. The predicted octanol–water partition coefficient (Wildman–Crippen LogP) is 0.837. The summed E-state index contributed by atoms with van der Waals surface area (Å²) in [5, 5.41) is 0. The van der Waals surface area contributed by atoms with Crippen LogP contribution in [0.15, 0.2) is 24.3 Å². The first-order valence-electron chi connectivity index (χ1n) is 8.71. The van der Waals surface area contributed by atoms with Gasteiger partial charge in [-0.15, -0.1) is 0 Å². The zero-order chi connectivity index (χ0) is 19.3. The van der Waals surface area contributed by atoms with Crippen LogP contribution in [-0.4, -0.2) is 73.3 Å². The summed E-state index contributed by atoms with van der Waals surface area (Å²) < 4.78 is 25.6. The Morgan fingerprint density at radius 3 is 2.19 bits per heavy atom. The summed E-state index contributed by atoms with van der Waals surface area (Å²) in [6.45, 7) is 5.92. The van der Waals surface area contributed by atoms with E-state index in [-0.39, 0.29) is 31.3 Å². The fourth-order valence-electron chi connectivity index (χ4n) is 2.99. The highest BCUT2D eigenvalue weighted by molar-refractivity contribution is 7.88. The first kappa shape index (κ1) is 20.4. The average Bonchev–Trinajstić information content (AvgIpc) is 2.58. The number of rotatable bonds is 6. The molecule has 0 atom stereocenters. The van der Waals surface area contributed by atoms with Gasteiger partial charge in [-0.2, -0.15) is 4.31 Å². The van der Waals surface area contributed by atoms with Crippen molar-refractivity contribution in [1.29, 1.82) is 0 Å². The standard InChI is InChI=1S/C18H27N3O4S/c1-15-6-4-5-7-17(15)14-21(26(3,24)25)9-8-18(23)20-12-10-19(11-13-20)16(2)22/h4-7H,8-14H2,1-3H3. The van der Waals surface area contributed by atoms with Crippen molar-refractivity contribution in [2.45, 2.75) is 26.8 Å². The number of nitrogens with zero attached hydrogens (tertiary/aromatic N) is 3. The topological polar surface area (TPSA) is 78.0 Å².